The molecule has 0 saturated heterocycles. The number of hydrogen-bond acceptors (Lipinski definition) is 6. The molecule has 0 atom stereocenters. The van der Waals surface area contributed by atoms with Gasteiger partial charge in [-0.15, -0.1) is 0 Å². The van der Waals surface area contributed by atoms with Crippen LogP contribution in [0.1, 0.15) is 12.5 Å². The number of hydrogen-bond donors (Lipinski definition) is 1. The zero-order valence-electron chi connectivity index (χ0n) is 12.6. The minimum atomic E-state index is -0.663. The summed E-state index contributed by atoms with van der Waals surface area (Å²) in [5.74, 6) is 0.843. The molecule has 0 saturated carbocycles. The molecule has 0 aliphatic carbocycles. The predicted molar refractivity (Wildman–Crippen MR) is 82.1 cm³/mol. The largest absolute Gasteiger partial charge is 0.496 e. The summed E-state index contributed by atoms with van der Waals surface area (Å²) in [5.41, 5.74) is 0.878. The van der Waals surface area contributed by atoms with Crippen molar-refractivity contribution in [1.82, 2.24) is 5.32 Å². The van der Waals surface area contributed by atoms with Crippen LogP contribution in [-0.2, 0) is 20.7 Å². The first-order valence-electron chi connectivity index (χ1n) is 6.42. The van der Waals surface area contributed by atoms with Crippen molar-refractivity contribution in [3.63, 3.8) is 0 Å². The highest BCUT2D eigenvalue weighted by molar-refractivity contribution is 9.10. The normalized spacial score (nSPS) is 9.82. The smallest absolute Gasteiger partial charge is 0.410 e. The van der Waals surface area contributed by atoms with Crippen LogP contribution in [0.3, 0.4) is 0 Å². The molecule has 0 unspecified atom stereocenters. The molecule has 8 heteroatoms. The number of nitrogens with one attached hydrogen (secondary N) is 1. The average Bonchev–Trinajstić information content (AvgIpc) is 2.47. The summed E-state index contributed by atoms with van der Waals surface area (Å²) in [4.78, 5) is 21.9. The minimum Gasteiger partial charge on any atom is -0.496 e. The molecule has 0 aliphatic heterocycles. The maximum absolute atomic E-state index is 11.4. The Balaban J connectivity index is 2.50. The van der Waals surface area contributed by atoms with Gasteiger partial charge >= 0.3 is 12.1 Å². The van der Waals surface area contributed by atoms with Crippen LogP contribution in [0.25, 0.3) is 0 Å². The molecule has 122 valence electrons. The van der Waals surface area contributed by atoms with E-state index in [1.54, 1.807) is 20.3 Å². The fourth-order valence-electron chi connectivity index (χ4n) is 1.64. The first-order valence-corrected chi connectivity index (χ1v) is 7.21. The second kappa shape index (κ2) is 9.14. The van der Waals surface area contributed by atoms with Gasteiger partial charge in [-0.1, -0.05) is 0 Å². The Bertz CT molecular complexity index is 534. The van der Waals surface area contributed by atoms with Crippen molar-refractivity contribution in [1.29, 1.82) is 0 Å². The maximum Gasteiger partial charge on any atom is 0.410 e. The fraction of sp³-hybridized carbons (Fsp3) is 0.429. The quantitative estimate of drug-likeness (QED) is 0.581. The van der Waals surface area contributed by atoms with Gasteiger partial charge in [0.25, 0.3) is 0 Å². The van der Waals surface area contributed by atoms with E-state index in [0.29, 0.717) is 24.5 Å². The van der Waals surface area contributed by atoms with Gasteiger partial charge in [0.2, 0.25) is 6.79 Å². The minimum absolute atomic E-state index is 0.333. The Labute approximate surface area is 137 Å². The van der Waals surface area contributed by atoms with Crippen LogP contribution in [0, 0.1) is 0 Å². The second-order valence-electron chi connectivity index (χ2n) is 4.16. The number of carbonyl (C=O) groups is 2. The Morgan fingerprint density at radius 2 is 1.82 bits per heavy atom. The van der Waals surface area contributed by atoms with Gasteiger partial charge in [0.05, 0.1) is 18.7 Å². The number of halogens is 1. The summed E-state index contributed by atoms with van der Waals surface area (Å²) < 4.78 is 20.4. The number of esters is 1. The van der Waals surface area contributed by atoms with Crippen LogP contribution >= 0.6 is 15.9 Å². The predicted octanol–water partition coefficient (Wildman–Crippen LogP) is 2.26. The summed E-state index contributed by atoms with van der Waals surface area (Å²) in [6, 6.07) is 3.63. The molecule has 0 radical (unpaired) electrons. The number of alkyl carbamates (subject to hydrolysis) is 1. The van der Waals surface area contributed by atoms with Crippen LogP contribution in [0.15, 0.2) is 16.6 Å². The number of rotatable bonds is 7. The van der Waals surface area contributed by atoms with E-state index < -0.39 is 18.9 Å². The lowest BCUT2D eigenvalue weighted by molar-refractivity contribution is -0.149. The lowest BCUT2D eigenvalue weighted by Gasteiger charge is -2.12. The third-order valence-electron chi connectivity index (χ3n) is 2.67. The van der Waals surface area contributed by atoms with Gasteiger partial charge in [-0.05, 0) is 40.0 Å². The first-order chi connectivity index (χ1) is 10.5. The Morgan fingerprint density at radius 3 is 2.41 bits per heavy atom. The number of amides is 1. The van der Waals surface area contributed by atoms with E-state index in [0.717, 1.165) is 10.0 Å². The summed E-state index contributed by atoms with van der Waals surface area (Å²) in [6.45, 7) is 1.16. The van der Waals surface area contributed by atoms with E-state index in [4.69, 9.17) is 9.47 Å². The van der Waals surface area contributed by atoms with Crippen molar-refractivity contribution in [2.75, 3.05) is 27.6 Å². The van der Waals surface area contributed by atoms with Crippen molar-refractivity contribution in [3.05, 3.63) is 22.2 Å². The monoisotopic (exact) mass is 375 g/mol. The van der Waals surface area contributed by atoms with Crippen LogP contribution in [0.2, 0.25) is 0 Å². The van der Waals surface area contributed by atoms with Gasteiger partial charge in [0.1, 0.15) is 11.5 Å². The van der Waals surface area contributed by atoms with E-state index in [1.807, 2.05) is 6.07 Å². The Kier molecular flexibility index (Phi) is 7.51. The topological polar surface area (TPSA) is 83.1 Å². The molecule has 1 amide bonds. The van der Waals surface area contributed by atoms with Gasteiger partial charge in [0.15, 0.2) is 0 Å². The Hall–Kier alpha value is -1.96. The van der Waals surface area contributed by atoms with Crippen molar-refractivity contribution in [2.45, 2.75) is 13.3 Å². The molecule has 1 aromatic carbocycles. The lowest BCUT2D eigenvalue weighted by Crippen LogP contribution is -2.27. The summed E-state index contributed by atoms with van der Waals surface area (Å²) in [7, 11) is 3.14. The van der Waals surface area contributed by atoms with Gasteiger partial charge in [-0.3, -0.25) is 4.79 Å². The van der Waals surface area contributed by atoms with Gasteiger partial charge in [0, 0.05) is 13.5 Å². The highest BCUT2D eigenvalue weighted by Crippen LogP contribution is 2.32. The number of benzene rings is 1. The summed E-state index contributed by atoms with van der Waals surface area (Å²) in [5, 5.41) is 2.55. The molecule has 1 N–H and O–H groups in total. The van der Waals surface area contributed by atoms with E-state index in [1.165, 1.54) is 6.92 Å². The standard InChI is InChI=1S/C14H18BrNO6/c1-9(17)21-8-22-14(18)16-5-4-10-6-13(20-3)11(15)7-12(10)19-2/h6-7H,4-5,8H2,1-3H3,(H,16,18). The third kappa shape index (κ3) is 5.80. The molecule has 0 heterocycles. The second-order valence-corrected chi connectivity index (χ2v) is 5.02. The summed E-state index contributed by atoms with van der Waals surface area (Å²) >= 11 is 3.38. The number of ether oxygens (including phenoxy) is 4. The highest BCUT2D eigenvalue weighted by Gasteiger charge is 2.10. The van der Waals surface area contributed by atoms with Crippen molar-refractivity contribution in [2.24, 2.45) is 0 Å². The molecule has 7 nitrogen and oxygen atoms in total. The fourth-order valence-corrected chi connectivity index (χ4v) is 2.12. The van der Waals surface area contributed by atoms with Crippen LogP contribution in [0.5, 0.6) is 11.5 Å². The third-order valence-corrected chi connectivity index (χ3v) is 3.29. The molecule has 0 aliphatic rings. The van der Waals surface area contributed by atoms with Gasteiger partial charge in [-0.2, -0.15) is 0 Å². The van der Waals surface area contributed by atoms with E-state index in [2.05, 4.69) is 30.7 Å². The van der Waals surface area contributed by atoms with E-state index in [9.17, 15) is 9.59 Å². The summed E-state index contributed by atoms with van der Waals surface area (Å²) in [6.07, 6.45) is -0.139. The Morgan fingerprint density at radius 1 is 1.14 bits per heavy atom. The maximum atomic E-state index is 11.4. The van der Waals surface area contributed by atoms with E-state index in [-0.39, 0.29) is 0 Å². The molecule has 0 fully saturated rings. The lowest BCUT2D eigenvalue weighted by atomic mass is 10.1. The van der Waals surface area contributed by atoms with Crippen LogP contribution in [0.4, 0.5) is 4.79 Å². The van der Waals surface area contributed by atoms with Gasteiger partial charge < -0.3 is 24.3 Å². The molecule has 0 spiro atoms. The zero-order valence-corrected chi connectivity index (χ0v) is 14.2. The van der Waals surface area contributed by atoms with E-state index >= 15 is 0 Å². The molecule has 1 aromatic rings. The zero-order chi connectivity index (χ0) is 16.5. The molecule has 0 aromatic heterocycles. The molecule has 0 bridgehead atoms. The highest BCUT2D eigenvalue weighted by atomic mass is 79.9. The van der Waals surface area contributed by atoms with Crippen LogP contribution in [-0.4, -0.2) is 39.6 Å². The van der Waals surface area contributed by atoms with Crippen molar-refractivity contribution >= 4 is 28.0 Å². The first kappa shape index (κ1) is 18.1. The van der Waals surface area contributed by atoms with Crippen LogP contribution < -0.4 is 14.8 Å². The van der Waals surface area contributed by atoms with Gasteiger partial charge in [-0.25, -0.2) is 4.79 Å². The number of methoxy groups -OCH3 is 2. The molecular weight excluding hydrogens is 358 g/mol. The molecule has 1 rings (SSSR count). The number of carbonyl (C=O) groups excluding carboxylic acids is 2. The average molecular weight is 376 g/mol. The molecule has 22 heavy (non-hydrogen) atoms. The SMILES string of the molecule is COc1cc(CCNC(=O)OCOC(C)=O)c(OC)cc1Br. The van der Waals surface area contributed by atoms with Crippen molar-refractivity contribution < 1.29 is 28.5 Å². The van der Waals surface area contributed by atoms with Crippen molar-refractivity contribution in [3.8, 4) is 11.5 Å². The molecular formula is C14H18BrNO6.